The molecule has 1 rings (SSSR count). The maximum Gasteiger partial charge on any atom is 0.328 e. The van der Waals surface area contributed by atoms with Gasteiger partial charge in [-0.1, -0.05) is 13.8 Å². The van der Waals surface area contributed by atoms with E-state index in [-0.39, 0.29) is 6.10 Å². The minimum atomic E-state index is -2.66. The average molecular weight is 178 g/mol. The van der Waals surface area contributed by atoms with Gasteiger partial charge >= 0.3 is 7.60 Å². The van der Waals surface area contributed by atoms with Gasteiger partial charge in [0.15, 0.2) is 0 Å². The van der Waals surface area contributed by atoms with E-state index in [1.807, 2.05) is 0 Å². The van der Waals surface area contributed by atoms with Gasteiger partial charge in [-0.15, -0.1) is 0 Å². The first-order valence-corrected chi connectivity index (χ1v) is 5.89. The third kappa shape index (κ3) is 2.94. The van der Waals surface area contributed by atoms with Gasteiger partial charge in [0, 0.05) is 6.66 Å². The molecule has 1 saturated heterocycles. The first-order valence-electron chi connectivity index (χ1n) is 3.90. The van der Waals surface area contributed by atoms with Crippen LogP contribution in [-0.4, -0.2) is 19.4 Å². The van der Waals surface area contributed by atoms with Gasteiger partial charge in [-0.25, -0.2) is 0 Å². The molecule has 66 valence electrons. The van der Waals surface area contributed by atoms with Crippen molar-refractivity contribution in [3.63, 3.8) is 0 Å². The average Bonchev–Trinajstić information content (AvgIpc) is 2.08. The summed E-state index contributed by atoms with van der Waals surface area (Å²) >= 11 is 0. The van der Waals surface area contributed by atoms with Crippen molar-refractivity contribution in [3.8, 4) is 0 Å². The van der Waals surface area contributed by atoms with Gasteiger partial charge in [0.25, 0.3) is 0 Å². The zero-order valence-electron chi connectivity index (χ0n) is 7.24. The molecule has 0 amide bonds. The first-order chi connectivity index (χ1) is 4.99. The molecule has 0 aromatic heterocycles. The topological polar surface area (TPSA) is 35.5 Å². The van der Waals surface area contributed by atoms with Crippen molar-refractivity contribution >= 4 is 7.60 Å². The molecule has 4 heteroatoms. The highest BCUT2D eigenvalue weighted by Gasteiger charge is 2.31. The fourth-order valence-electron chi connectivity index (χ4n) is 1.19. The molecule has 1 heterocycles. The van der Waals surface area contributed by atoms with E-state index < -0.39 is 7.60 Å². The van der Waals surface area contributed by atoms with Gasteiger partial charge in [-0.3, -0.25) is 4.57 Å². The molecule has 0 bridgehead atoms. The molecule has 1 aliphatic heterocycles. The molecule has 1 fully saturated rings. The molecule has 2 atom stereocenters. The quantitative estimate of drug-likeness (QED) is 0.608. The molecule has 0 spiro atoms. The van der Waals surface area contributed by atoms with Crippen LogP contribution in [0, 0.1) is 5.92 Å². The summed E-state index contributed by atoms with van der Waals surface area (Å²) in [5.74, 6) is 0.571. The van der Waals surface area contributed by atoms with Crippen LogP contribution >= 0.6 is 7.60 Å². The molecule has 0 N–H and O–H groups in total. The minimum absolute atomic E-state index is 0.0471. The molecule has 0 saturated carbocycles. The summed E-state index contributed by atoms with van der Waals surface area (Å²) in [5.41, 5.74) is 0. The van der Waals surface area contributed by atoms with E-state index in [9.17, 15) is 4.57 Å². The highest BCUT2D eigenvalue weighted by Crippen LogP contribution is 2.51. The number of hydrogen-bond donors (Lipinski definition) is 0. The van der Waals surface area contributed by atoms with Gasteiger partial charge in [-0.2, -0.15) is 0 Å². The molecular formula is C7H15O3P. The molecule has 0 aromatic rings. The minimum Gasteiger partial charge on any atom is -0.306 e. The van der Waals surface area contributed by atoms with Gasteiger partial charge in [0.1, 0.15) is 0 Å². The Morgan fingerprint density at radius 1 is 1.64 bits per heavy atom. The Morgan fingerprint density at radius 3 is 2.64 bits per heavy atom. The van der Waals surface area contributed by atoms with Gasteiger partial charge in [0.05, 0.1) is 12.7 Å². The second-order valence-corrected chi connectivity index (χ2v) is 5.44. The Morgan fingerprint density at radius 2 is 2.27 bits per heavy atom. The Hall–Kier alpha value is 0.150. The zero-order chi connectivity index (χ0) is 8.48. The lowest BCUT2D eigenvalue weighted by Crippen LogP contribution is -2.11. The second-order valence-electron chi connectivity index (χ2n) is 3.42. The monoisotopic (exact) mass is 178 g/mol. The van der Waals surface area contributed by atoms with Crippen LogP contribution < -0.4 is 0 Å². The SMILES string of the molecule is CC(C)CC1COP(C)(=O)O1. The van der Waals surface area contributed by atoms with Crippen LogP contribution in [0.2, 0.25) is 0 Å². The lowest BCUT2D eigenvalue weighted by molar-refractivity contribution is 0.203. The summed E-state index contributed by atoms with van der Waals surface area (Å²) in [4.78, 5) is 0. The normalized spacial score (nSPS) is 38.4. The van der Waals surface area contributed by atoms with Crippen molar-refractivity contribution < 1.29 is 13.6 Å². The summed E-state index contributed by atoms with van der Waals surface area (Å²) in [6.07, 6.45) is 0.975. The summed E-state index contributed by atoms with van der Waals surface area (Å²) in [6.45, 7) is 6.24. The molecular weight excluding hydrogens is 163 g/mol. The lowest BCUT2D eigenvalue weighted by Gasteiger charge is -2.09. The Bertz CT molecular complexity index is 179. The largest absolute Gasteiger partial charge is 0.328 e. The van der Waals surface area contributed by atoms with E-state index in [1.54, 1.807) is 0 Å². The van der Waals surface area contributed by atoms with E-state index in [1.165, 1.54) is 6.66 Å². The van der Waals surface area contributed by atoms with E-state index >= 15 is 0 Å². The standard InChI is InChI=1S/C7H15O3P/c1-6(2)4-7-5-9-11(3,8)10-7/h6-7H,4-5H2,1-3H3. The summed E-state index contributed by atoms with van der Waals surface area (Å²) < 4.78 is 21.3. The molecule has 0 radical (unpaired) electrons. The molecule has 0 aromatic carbocycles. The maximum atomic E-state index is 11.2. The predicted molar refractivity (Wildman–Crippen MR) is 43.8 cm³/mol. The van der Waals surface area contributed by atoms with Crippen LogP contribution in [0.5, 0.6) is 0 Å². The Labute approximate surface area is 67.6 Å². The smallest absolute Gasteiger partial charge is 0.306 e. The second kappa shape index (κ2) is 3.26. The highest BCUT2D eigenvalue weighted by atomic mass is 31.2. The van der Waals surface area contributed by atoms with Crippen molar-refractivity contribution in [3.05, 3.63) is 0 Å². The van der Waals surface area contributed by atoms with Crippen molar-refractivity contribution in [2.75, 3.05) is 13.3 Å². The first kappa shape index (κ1) is 9.24. The van der Waals surface area contributed by atoms with E-state index in [0.717, 1.165) is 6.42 Å². The lowest BCUT2D eigenvalue weighted by atomic mass is 10.1. The van der Waals surface area contributed by atoms with Crippen LogP contribution in [0.3, 0.4) is 0 Å². The van der Waals surface area contributed by atoms with Crippen molar-refractivity contribution in [1.82, 2.24) is 0 Å². The van der Waals surface area contributed by atoms with Crippen LogP contribution in [0.15, 0.2) is 0 Å². The summed E-state index contributed by atoms with van der Waals surface area (Å²) in [5, 5.41) is 0. The van der Waals surface area contributed by atoms with Crippen LogP contribution in [0.1, 0.15) is 20.3 Å². The van der Waals surface area contributed by atoms with E-state index in [4.69, 9.17) is 9.05 Å². The molecule has 1 aliphatic rings. The van der Waals surface area contributed by atoms with Gasteiger partial charge in [0.2, 0.25) is 0 Å². The highest BCUT2D eigenvalue weighted by molar-refractivity contribution is 7.53. The zero-order valence-corrected chi connectivity index (χ0v) is 8.14. The summed E-state index contributed by atoms with van der Waals surface area (Å²) in [6, 6.07) is 0. The van der Waals surface area contributed by atoms with E-state index in [2.05, 4.69) is 13.8 Å². The van der Waals surface area contributed by atoms with Crippen molar-refractivity contribution in [1.29, 1.82) is 0 Å². The van der Waals surface area contributed by atoms with Crippen molar-refractivity contribution in [2.45, 2.75) is 26.4 Å². The van der Waals surface area contributed by atoms with Gasteiger partial charge in [-0.05, 0) is 12.3 Å². The number of rotatable bonds is 2. The predicted octanol–water partition coefficient (Wildman–Crippen LogP) is 2.27. The fraction of sp³-hybridized carbons (Fsp3) is 1.00. The fourth-order valence-corrected chi connectivity index (χ4v) is 2.37. The molecule has 3 nitrogen and oxygen atoms in total. The Balaban J connectivity index is 2.37. The van der Waals surface area contributed by atoms with Crippen LogP contribution in [0.4, 0.5) is 0 Å². The molecule has 11 heavy (non-hydrogen) atoms. The molecule has 0 aliphatic carbocycles. The third-order valence-electron chi connectivity index (χ3n) is 1.57. The van der Waals surface area contributed by atoms with Gasteiger partial charge < -0.3 is 9.05 Å². The summed E-state index contributed by atoms with van der Waals surface area (Å²) in [7, 11) is -2.66. The van der Waals surface area contributed by atoms with Crippen LogP contribution in [0.25, 0.3) is 0 Å². The molecule has 2 unspecified atom stereocenters. The maximum absolute atomic E-state index is 11.2. The van der Waals surface area contributed by atoms with Crippen LogP contribution in [-0.2, 0) is 13.6 Å². The van der Waals surface area contributed by atoms with E-state index in [0.29, 0.717) is 12.5 Å². The Kier molecular flexibility index (Phi) is 2.74. The number of hydrogen-bond acceptors (Lipinski definition) is 3. The third-order valence-corrected chi connectivity index (χ3v) is 2.87. The van der Waals surface area contributed by atoms with Crippen molar-refractivity contribution in [2.24, 2.45) is 5.92 Å².